The van der Waals surface area contributed by atoms with Gasteiger partial charge in [-0.3, -0.25) is 9.80 Å². The number of rotatable bonds is 4. The second-order valence-corrected chi connectivity index (χ2v) is 6.87. The largest absolute Gasteiger partial charge is 0.361 e. The summed E-state index contributed by atoms with van der Waals surface area (Å²) in [6.45, 7) is 13.5. The first kappa shape index (κ1) is 14.1. The molecule has 3 rings (SSSR count). The van der Waals surface area contributed by atoms with Crippen LogP contribution in [0.2, 0.25) is 0 Å². The summed E-state index contributed by atoms with van der Waals surface area (Å²) in [6, 6.07) is 1.51. The molecule has 0 N–H and O–H groups in total. The first-order valence-corrected chi connectivity index (χ1v) is 7.96. The maximum absolute atomic E-state index is 5.30. The third kappa shape index (κ3) is 2.51. The molecule has 2 saturated heterocycles. The molecule has 0 bridgehead atoms. The summed E-state index contributed by atoms with van der Waals surface area (Å²) < 4.78 is 5.30. The quantitative estimate of drug-likeness (QED) is 0.847. The van der Waals surface area contributed by atoms with E-state index in [0.29, 0.717) is 0 Å². The molecule has 112 valence electrons. The molecule has 2 atom stereocenters. The molecule has 20 heavy (non-hydrogen) atoms. The minimum absolute atomic E-state index is 0.738. The smallest absolute Gasteiger partial charge is 0.138 e. The number of likely N-dealkylation sites (tertiary alicyclic amines) is 2. The van der Waals surface area contributed by atoms with Crippen molar-refractivity contribution in [1.29, 1.82) is 0 Å². The highest BCUT2D eigenvalue weighted by atomic mass is 16.5. The van der Waals surface area contributed by atoms with Crippen LogP contribution in [0.1, 0.15) is 43.7 Å². The third-order valence-corrected chi connectivity index (χ3v) is 4.95. The fourth-order valence-electron chi connectivity index (χ4n) is 3.99. The Labute approximate surface area is 122 Å². The number of nitrogens with zero attached hydrogens (tertiary/aromatic N) is 3. The molecule has 4 heteroatoms. The van der Waals surface area contributed by atoms with Gasteiger partial charge in [0.25, 0.3) is 0 Å². The van der Waals surface area contributed by atoms with Gasteiger partial charge in [0, 0.05) is 43.8 Å². The zero-order valence-corrected chi connectivity index (χ0v) is 13.2. The maximum atomic E-state index is 5.30. The molecular weight excluding hydrogens is 250 g/mol. The Balaban J connectivity index is 1.67. The molecule has 1 aromatic heterocycles. The summed E-state index contributed by atoms with van der Waals surface area (Å²) in [7, 11) is 0. The number of hydrogen-bond donors (Lipinski definition) is 0. The van der Waals surface area contributed by atoms with Crippen LogP contribution >= 0.6 is 0 Å². The van der Waals surface area contributed by atoms with E-state index in [4.69, 9.17) is 4.52 Å². The molecule has 0 unspecified atom stereocenters. The van der Waals surface area contributed by atoms with Gasteiger partial charge in [0.2, 0.25) is 0 Å². The van der Waals surface area contributed by atoms with Gasteiger partial charge < -0.3 is 4.52 Å². The molecule has 0 spiro atoms. The Morgan fingerprint density at radius 2 is 1.80 bits per heavy atom. The van der Waals surface area contributed by atoms with Crippen molar-refractivity contribution >= 4 is 0 Å². The number of aryl methyl sites for hydroxylation is 2. The van der Waals surface area contributed by atoms with Gasteiger partial charge >= 0.3 is 0 Å². The van der Waals surface area contributed by atoms with E-state index < -0.39 is 0 Å². The molecule has 2 aliphatic rings. The molecular formula is C16H27N3O. The lowest BCUT2D eigenvalue weighted by Gasteiger charge is -2.26. The minimum atomic E-state index is 0.738. The Morgan fingerprint density at radius 3 is 2.40 bits per heavy atom. The second-order valence-electron chi connectivity index (χ2n) is 6.87. The van der Waals surface area contributed by atoms with Crippen LogP contribution < -0.4 is 0 Å². The van der Waals surface area contributed by atoms with Crippen molar-refractivity contribution in [3.05, 3.63) is 17.0 Å². The summed E-state index contributed by atoms with van der Waals surface area (Å²) in [5.41, 5.74) is 2.36. The van der Waals surface area contributed by atoms with E-state index in [0.717, 1.165) is 36.0 Å². The number of hydrogen-bond acceptors (Lipinski definition) is 4. The summed E-state index contributed by atoms with van der Waals surface area (Å²) in [4.78, 5) is 5.36. The van der Waals surface area contributed by atoms with Crippen molar-refractivity contribution in [3.8, 4) is 0 Å². The topological polar surface area (TPSA) is 32.5 Å². The van der Waals surface area contributed by atoms with Gasteiger partial charge in [-0.05, 0) is 32.6 Å². The molecule has 1 aromatic rings. The van der Waals surface area contributed by atoms with Gasteiger partial charge in [0.05, 0.1) is 5.69 Å². The molecule has 0 saturated carbocycles. The summed E-state index contributed by atoms with van der Waals surface area (Å²) >= 11 is 0. The molecule has 2 fully saturated rings. The van der Waals surface area contributed by atoms with Crippen molar-refractivity contribution in [3.63, 3.8) is 0 Å². The van der Waals surface area contributed by atoms with Gasteiger partial charge in [-0.25, -0.2) is 0 Å². The first-order chi connectivity index (χ1) is 9.56. The lowest BCUT2D eigenvalue weighted by molar-refractivity contribution is 0.203. The van der Waals surface area contributed by atoms with Crippen molar-refractivity contribution < 1.29 is 4.52 Å². The van der Waals surface area contributed by atoms with E-state index in [1.54, 1.807) is 0 Å². The fraction of sp³-hybridized carbons (Fsp3) is 0.812. The van der Waals surface area contributed by atoms with Crippen molar-refractivity contribution in [2.24, 2.45) is 5.92 Å². The average molecular weight is 277 g/mol. The molecule has 4 nitrogen and oxygen atoms in total. The summed E-state index contributed by atoms with van der Waals surface area (Å²) in [5, 5.41) is 4.09. The number of fused-ring (bicyclic) bond motifs is 1. The van der Waals surface area contributed by atoms with Gasteiger partial charge in [-0.1, -0.05) is 19.0 Å². The minimum Gasteiger partial charge on any atom is -0.361 e. The zero-order chi connectivity index (χ0) is 14.3. The van der Waals surface area contributed by atoms with Gasteiger partial charge in [-0.2, -0.15) is 0 Å². The van der Waals surface area contributed by atoms with Crippen LogP contribution in [0.25, 0.3) is 0 Å². The lowest BCUT2D eigenvalue weighted by Crippen LogP contribution is -2.37. The van der Waals surface area contributed by atoms with Gasteiger partial charge in [0.15, 0.2) is 0 Å². The molecule has 3 heterocycles. The fourth-order valence-corrected chi connectivity index (χ4v) is 3.99. The standard InChI is InChI=1S/C16H27N3O/c1-11(2)9-18-7-5-16-15(18)6-8-19(16)10-14-12(3)17-20-13(14)4/h11,15-16H,5-10H2,1-4H3/t15-,16-/m1/s1. The van der Waals surface area contributed by atoms with Crippen molar-refractivity contribution in [2.75, 3.05) is 19.6 Å². The van der Waals surface area contributed by atoms with Crippen LogP contribution in [-0.2, 0) is 6.54 Å². The van der Waals surface area contributed by atoms with Crippen molar-refractivity contribution in [2.45, 2.75) is 59.2 Å². The van der Waals surface area contributed by atoms with Crippen LogP contribution in [0.5, 0.6) is 0 Å². The summed E-state index contributed by atoms with van der Waals surface area (Å²) in [6.07, 6.45) is 2.64. The van der Waals surface area contributed by atoms with Crippen molar-refractivity contribution in [1.82, 2.24) is 15.0 Å². The van der Waals surface area contributed by atoms with E-state index in [-0.39, 0.29) is 0 Å². The molecule has 2 aliphatic heterocycles. The van der Waals surface area contributed by atoms with E-state index in [9.17, 15) is 0 Å². The monoisotopic (exact) mass is 277 g/mol. The third-order valence-electron chi connectivity index (χ3n) is 4.95. The predicted octanol–water partition coefficient (Wildman–Crippen LogP) is 2.60. The predicted molar refractivity (Wildman–Crippen MR) is 79.6 cm³/mol. The molecule has 0 aromatic carbocycles. The Bertz CT molecular complexity index is 449. The average Bonchev–Trinajstić information content (AvgIpc) is 3.03. The highest BCUT2D eigenvalue weighted by Crippen LogP contribution is 2.33. The second kappa shape index (κ2) is 5.49. The van der Waals surface area contributed by atoms with E-state index >= 15 is 0 Å². The van der Waals surface area contributed by atoms with Gasteiger partial charge in [0.1, 0.15) is 5.76 Å². The molecule has 0 amide bonds. The van der Waals surface area contributed by atoms with E-state index in [2.05, 4.69) is 35.7 Å². The first-order valence-electron chi connectivity index (χ1n) is 7.96. The van der Waals surface area contributed by atoms with E-state index in [1.807, 2.05) is 6.92 Å². The van der Waals surface area contributed by atoms with Gasteiger partial charge in [-0.15, -0.1) is 0 Å². The Morgan fingerprint density at radius 1 is 1.15 bits per heavy atom. The zero-order valence-electron chi connectivity index (χ0n) is 13.2. The van der Waals surface area contributed by atoms with E-state index in [1.165, 1.54) is 38.0 Å². The SMILES string of the molecule is Cc1noc(C)c1CN1CC[C@@H]2[C@H]1CCN2CC(C)C. The summed E-state index contributed by atoms with van der Waals surface area (Å²) in [5.74, 6) is 1.76. The highest BCUT2D eigenvalue weighted by molar-refractivity contribution is 5.21. The maximum Gasteiger partial charge on any atom is 0.138 e. The normalized spacial score (nSPS) is 27.6. The molecule has 0 aliphatic carbocycles. The van der Waals surface area contributed by atoms with Crippen LogP contribution in [0.4, 0.5) is 0 Å². The van der Waals surface area contributed by atoms with Crippen LogP contribution in [0.15, 0.2) is 4.52 Å². The molecule has 0 radical (unpaired) electrons. The lowest BCUT2D eigenvalue weighted by atomic mass is 10.1. The van der Waals surface area contributed by atoms with Crippen LogP contribution in [0.3, 0.4) is 0 Å². The van der Waals surface area contributed by atoms with Crippen LogP contribution in [0, 0.1) is 19.8 Å². The number of aromatic nitrogens is 1. The van der Waals surface area contributed by atoms with Crippen LogP contribution in [-0.4, -0.2) is 46.7 Å². The highest BCUT2D eigenvalue weighted by Gasteiger charge is 2.42. The Hall–Kier alpha value is -0.870. The Kier molecular flexibility index (Phi) is 3.87.